The molecule has 1 heterocycles. The third-order valence-electron chi connectivity index (χ3n) is 3.48. The molecule has 0 spiro atoms. The summed E-state index contributed by atoms with van der Waals surface area (Å²) in [6.07, 6.45) is 1.37. The van der Waals surface area contributed by atoms with Gasteiger partial charge in [0, 0.05) is 14.1 Å². The van der Waals surface area contributed by atoms with Crippen molar-refractivity contribution in [3.05, 3.63) is 48.7 Å². The number of anilines is 1. The molecule has 0 fully saturated rings. The molecule has 2 aromatic carbocycles. The molecule has 0 atom stereocenters. The van der Waals surface area contributed by atoms with Gasteiger partial charge < -0.3 is 9.88 Å². The quantitative estimate of drug-likeness (QED) is 0.807. The fraction of sp³-hybridized carbons (Fsp3) is 0.133. The summed E-state index contributed by atoms with van der Waals surface area (Å²) in [4.78, 5) is 4.33. The van der Waals surface area contributed by atoms with Gasteiger partial charge in [-0.15, -0.1) is 0 Å². The van der Waals surface area contributed by atoms with Crippen molar-refractivity contribution in [2.45, 2.75) is 9.92 Å². The Kier molecular flexibility index (Phi) is 3.17. The summed E-state index contributed by atoms with van der Waals surface area (Å²) in [5.41, 5.74) is 0. The van der Waals surface area contributed by atoms with Gasteiger partial charge in [0.25, 0.3) is 0 Å². The highest BCUT2D eigenvalue weighted by molar-refractivity contribution is 7.91. The van der Waals surface area contributed by atoms with Gasteiger partial charge in [0.2, 0.25) is 15.8 Å². The van der Waals surface area contributed by atoms with Crippen LogP contribution < -0.4 is 5.32 Å². The van der Waals surface area contributed by atoms with E-state index in [9.17, 15) is 8.42 Å². The Morgan fingerprint density at radius 3 is 2.48 bits per heavy atom. The topological polar surface area (TPSA) is 64.0 Å². The summed E-state index contributed by atoms with van der Waals surface area (Å²) in [5, 5.41) is 4.93. The van der Waals surface area contributed by atoms with E-state index >= 15 is 0 Å². The average Bonchev–Trinajstić information content (AvgIpc) is 2.88. The van der Waals surface area contributed by atoms with Crippen molar-refractivity contribution in [1.82, 2.24) is 9.55 Å². The zero-order valence-corrected chi connectivity index (χ0v) is 12.6. The molecule has 6 heteroatoms. The van der Waals surface area contributed by atoms with Crippen LogP contribution in [0.15, 0.2) is 58.6 Å². The molecular formula is C15H15N3O2S. The van der Waals surface area contributed by atoms with Crippen molar-refractivity contribution in [3.8, 4) is 0 Å². The van der Waals surface area contributed by atoms with E-state index in [4.69, 9.17) is 0 Å². The van der Waals surface area contributed by atoms with E-state index < -0.39 is 9.84 Å². The predicted octanol–water partition coefficient (Wildman–Crippen LogP) is 2.45. The van der Waals surface area contributed by atoms with Crippen LogP contribution in [0.25, 0.3) is 10.8 Å². The van der Waals surface area contributed by atoms with Crippen LogP contribution in [0, 0.1) is 0 Å². The normalized spacial score (nSPS) is 11.7. The largest absolute Gasteiger partial charge is 0.359 e. The van der Waals surface area contributed by atoms with Crippen molar-refractivity contribution in [2.75, 3.05) is 12.4 Å². The molecule has 3 rings (SSSR count). The number of nitrogens with zero attached hydrogens (tertiary/aromatic N) is 2. The van der Waals surface area contributed by atoms with E-state index in [1.54, 1.807) is 26.2 Å². The first kappa shape index (κ1) is 13.6. The fourth-order valence-electron chi connectivity index (χ4n) is 2.33. The number of hydrogen-bond donors (Lipinski definition) is 1. The third kappa shape index (κ3) is 2.17. The second-order valence-corrected chi connectivity index (χ2v) is 6.64. The van der Waals surface area contributed by atoms with Gasteiger partial charge in [-0.3, -0.25) is 0 Å². The molecule has 1 N–H and O–H groups in total. The lowest BCUT2D eigenvalue weighted by Crippen LogP contribution is -2.09. The Balaban J connectivity index is 2.17. The van der Waals surface area contributed by atoms with Crippen molar-refractivity contribution in [1.29, 1.82) is 0 Å². The summed E-state index contributed by atoms with van der Waals surface area (Å²) in [6, 6.07) is 12.8. The molecule has 5 nitrogen and oxygen atoms in total. The fourth-order valence-corrected chi connectivity index (χ4v) is 3.74. The van der Waals surface area contributed by atoms with Gasteiger partial charge in [-0.1, -0.05) is 30.3 Å². The van der Waals surface area contributed by atoms with Gasteiger partial charge in [-0.25, -0.2) is 13.4 Å². The molecule has 0 aliphatic carbocycles. The van der Waals surface area contributed by atoms with Gasteiger partial charge in [0.15, 0.2) is 5.03 Å². The van der Waals surface area contributed by atoms with Crippen molar-refractivity contribution >= 4 is 26.6 Å². The monoisotopic (exact) mass is 301 g/mol. The number of benzene rings is 2. The lowest BCUT2D eigenvalue weighted by atomic mass is 10.1. The first-order chi connectivity index (χ1) is 10.0. The minimum Gasteiger partial charge on any atom is -0.359 e. The maximum Gasteiger partial charge on any atom is 0.223 e. The van der Waals surface area contributed by atoms with Crippen LogP contribution in [0.4, 0.5) is 5.95 Å². The van der Waals surface area contributed by atoms with Crippen molar-refractivity contribution < 1.29 is 8.42 Å². The Morgan fingerprint density at radius 2 is 1.81 bits per heavy atom. The first-order valence-corrected chi connectivity index (χ1v) is 7.96. The second kappa shape index (κ2) is 4.89. The molecular weight excluding hydrogens is 286 g/mol. The van der Waals surface area contributed by atoms with Crippen LogP contribution >= 0.6 is 0 Å². The van der Waals surface area contributed by atoms with Crippen LogP contribution in [0.2, 0.25) is 0 Å². The van der Waals surface area contributed by atoms with Gasteiger partial charge >= 0.3 is 0 Å². The number of hydrogen-bond acceptors (Lipinski definition) is 4. The number of imidazole rings is 1. The van der Waals surface area contributed by atoms with Crippen LogP contribution in [-0.2, 0) is 16.9 Å². The summed E-state index contributed by atoms with van der Waals surface area (Å²) in [7, 11) is -0.213. The van der Waals surface area contributed by atoms with Crippen LogP contribution in [0.5, 0.6) is 0 Å². The van der Waals surface area contributed by atoms with Crippen LogP contribution in [-0.4, -0.2) is 25.0 Å². The highest BCUT2D eigenvalue weighted by Crippen LogP contribution is 2.25. The SMILES string of the molecule is CNc1ncc(S(=O)(=O)c2ccc3ccccc3c2)n1C. The van der Waals surface area contributed by atoms with E-state index in [-0.39, 0.29) is 9.92 Å². The predicted molar refractivity (Wildman–Crippen MR) is 82.2 cm³/mol. The molecule has 0 saturated carbocycles. The summed E-state index contributed by atoms with van der Waals surface area (Å²) >= 11 is 0. The number of fused-ring (bicyclic) bond motifs is 1. The standard InChI is InChI=1S/C15H15N3O2S/c1-16-15-17-10-14(18(15)2)21(19,20)13-8-7-11-5-3-4-6-12(11)9-13/h3-10H,1-2H3,(H,16,17). The maximum atomic E-state index is 12.7. The average molecular weight is 301 g/mol. The number of aromatic nitrogens is 2. The first-order valence-electron chi connectivity index (χ1n) is 6.47. The second-order valence-electron chi connectivity index (χ2n) is 4.74. The number of rotatable bonds is 3. The van der Waals surface area contributed by atoms with Gasteiger partial charge in [0.1, 0.15) is 0 Å². The molecule has 108 valence electrons. The molecule has 21 heavy (non-hydrogen) atoms. The molecule has 0 amide bonds. The molecule has 0 unspecified atom stereocenters. The molecule has 0 radical (unpaired) electrons. The molecule has 0 aliphatic rings. The van der Waals surface area contributed by atoms with Crippen molar-refractivity contribution in [2.24, 2.45) is 7.05 Å². The molecule has 3 aromatic rings. The van der Waals surface area contributed by atoms with Gasteiger partial charge in [-0.05, 0) is 22.9 Å². The van der Waals surface area contributed by atoms with Crippen molar-refractivity contribution in [3.63, 3.8) is 0 Å². The van der Waals surface area contributed by atoms with Crippen LogP contribution in [0.3, 0.4) is 0 Å². The Labute approximate surface area is 123 Å². The van der Waals surface area contributed by atoms with Gasteiger partial charge in [-0.2, -0.15) is 0 Å². The molecule has 1 aromatic heterocycles. The highest BCUT2D eigenvalue weighted by atomic mass is 32.2. The summed E-state index contributed by atoms with van der Waals surface area (Å²) < 4.78 is 27.0. The molecule has 0 bridgehead atoms. The molecule has 0 aliphatic heterocycles. The number of sulfone groups is 1. The number of nitrogens with one attached hydrogen (secondary N) is 1. The zero-order chi connectivity index (χ0) is 15.0. The molecule has 0 saturated heterocycles. The Morgan fingerprint density at radius 1 is 1.10 bits per heavy atom. The Bertz CT molecular complexity index is 914. The lowest BCUT2D eigenvalue weighted by Gasteiger charge is -2.08. The minimum absolute atomic E-state index is 0.169. The van der Waals surface area contributed by atoms with Gasteiger partial charge in [0.05, 0.1) is 11.1 Å². The van der Waals surface area contributed by atoms with Crippen LogP contribution in [0.1, 0.15) is 0 Å². The third-order valence-corrected chi connectivity index (χ3v) is 5.28. The highest BCUT2D eigenvalue weighted by Gasteiger charge is 2.23. The lowest BCUT2D eigenvalue weighted by molar-refractivity contribution is 0.586. The smallest absolute Gasteiger partial charge is 0.223 e. The summed E-state index contributed by atoms with van der Waals surface area (Å²) in [5.74, 6) is 0.509. The van der Waals surface area contributed by atoms with E-state index in [0.29, 0.717) is 5.95 Å². The minimum atomic E-state index is -3.59. The zero-order valence-electron chi connectivity index (χ0n) is 11.7. The Hall–Kier alpha value is -2.34. The van der Waals surface area contributed by atoms with E-state index in [2.05, 4.69) is 10.3 Å². The maximum absolute atomic E-state index is 12.7. The van der Waals surface area contributed by atoms with E-state index in [1.165, 1.54) is 10.8 Å². The summed E-state index contributed by atoms with van der Waals surface area (Å²) in [6.45, 7) is 0. The van der Waals surface area contributed by atoms with E-state index in [0.717, 1.165) is 10.8 Å². The van der Waals surface area contributed by atoms with E-state index in [1.807, 2.05) is 30.3 Å².